The molecular formula is C15H21BrO4. The fourth-order valence-electron chi connectivity index (χ4n) is 1.94. The summed E-state index contributed by atoms with van der Waals surface area (Å²) in [4.78, 5) is 11.3. The number of hydrogen-bond acceptors (Lipinski definition) is 3. The molecule has 112 valence electrons. The lowest BCUT2D eigenvalue weighted by Gasteiger charge is -2.12. The molecule has 1 unspecified atom stereocenters. The largest absolute Gasteiger partial charge is 0.481 e. The van der Waals surface area contributed by atoms with Crippen molar-refractivity contribution in [3.05, 3.63) is 34.3 Å². The van der Waals surface area contributed by atoms with Crippen LogP contribution in [0.1, 0.15) is 18.4 Å². The molecule has 0 saturated carbocycles. The molecule has 1 aromatic carbocycles. The van der Waals surface area contributed by atoms with Gasteiger partial charge in [0.15, 0.2) is 0 Å². The van der Waals surface area contributed by atoms with Crippen LogP contribution in [-0.2, 0) is 20.7 Å². The third-order valence-electron chi connectivity index (χ3n) is 2.99. The number of carboxylic acid groups (broad SMARTS) is 1. The van der Waals surface area contributed by atoms with Crippen LogP contribution in [0.3, 0.4) is 0 Å². The second-order valence-corrected chi connectivity index (χ2v) is 5.53. The van der Waals surface area contributed by atoms with Crippen LogP contribution in [0, 0.1) is 5.92 Å². The monoisotopic (exact) mass is 344 g/mol. The average Bonchev–Trinajstić information content (AvgIpc) is 2.41. The maximum atomic E-state index is 11.3. The van der Waals surface area contributed by atoms with Gasteiger partial charge in [-0.15, -0.1) is 0 Å². The normalized spacial score (nSPS) is 12.3. The number of hydrogen-bond donors (Lipinski definition) is 1. The van der Waals surface area contributed by atoms with Gasteiger partial charge in [0.05, 0.1) is 19.1 Å². The van der Waals surface area contributed by atoms with Crippen molar-refractivity contribution in [2.24, 2.45) is 5.92 Å². The molecule has 4 nitrogen and oxygen atoms in total. The summed E-state index contributed by atoms with van der Waals surface area (Å²) in [5.41, 5.74) is 1.03. The van der Waals surface area contributed by atoms with E-state index in [0.29, 0.717) is 32.7 Å². The molecule has 0 amide bonds. The summed E-state index contributed by atoms with van der Waals surface area (Å²) in [5.74, 6) is -1.11. The van der Waals surface area contributed by atoms with E-state index in [1.54, 1.807) is 7.11 Å². The predicted molar refractivity (Wildman–Crippen MR) is 80.9 cm³/mol. The summed E-state index contributed by atoms with van der Waals surface area (Å²) in [6.45, 7) is 1.70. The Morgan fingerprint density at radius 2 is 2.15 bits per heavy atom. The van der Waals surface area contributed by atoms with Gasteiger partial charge < -0.3 is 14.6 Å². The van der Waals surface area contributed by atoms with Gasteiger partial charge in [-0.3, -0.25) is 4.79 Å². The Bertz CT molecular complexity index is 409. The predicted octanol–water partition coefficient (Wildman–Crippen LogP) is 3.14. The highest BCUT2D eigenvalue weighted by molar-refractivity contribution is 9.10. The van der Waals surface area contributed by atoms with Crippen LogP contribution < -0.4 is 0 Å². The van der Waals surface area contributed by atoms with E-state index in [4.69, 9.17) is 9.47 Å². The van der Waals surface area contributed by atoms with Crippen LogP contribution in [0.5, 0.6) is 0 Å². The average molecular weight is 345 g/mol. The Morgan fingerprint density at radius 1 is 1.35 bits per heavy atom. The number of halogens is 1. The minimum atomic E-state index is -0.748. The molecule has 1 atom stereocenters. The first-order valence-corrected chi connectivity index (χ1v) is 7.46. The number of ether oxygens (including phenoxy) is 2. The van der Waals surface area contributed by atoms with E-state index in [0.717, 1.165) is 16.5 Å². The number of methoxy groups -OCH3 is 1. The van der Waals surface area contributed by atoms with Crippen molar-refractivity contribution in [2.45, 2.75) is 19.3 Å². The molecule has 0 bridgehead atoms. The highest BCUT2D eigenvalue weighted by Gasteiger charge is 2.17. The summed E-state index contributed by atoms with van der Waals surface area (Å²) in [5, 5.41) is 9.27. The smallest absolute Gasteiger partial charge is 0.306 e. The van der Waals surface area contributed by atoms with Crippen molar-refractivity contribution in [1.82, 2.24) is 0 Å². The van der Waals surface area contributed by atoms with Gasteiger partial charge in [0.2, 0.25) is 0 Å². The minimum Gasteiger partial charge on any atom is -0.481 e. The Morgan fingerprint density at radius 3 is 2.80 bits per heavy atom. The second kappa shape index (κ2) is 9.91. The highest BCUT2D eigenvalue weighted by Crippen LogP contribution is 2.18. The van der Waals surface area contributed by atoms with Crippen molar-refractivity contribution in [1.29, 1.82) is 0 Å². The SMILES string of the molecule is COCCOCCCC(Cc1cccc(Br)c1)C(=O)O. The quantitative estimate of drug-likeness (QED) is 0.662. The van der Waals surface area contributed by atoms with Crippen molar-refractivity contribution in [3.63, 3.8) is 0 Å². The van der Waals surface area contributed by atoms with Crippen molar-refractivity contribution < 1.29 is 19.4 Å². The molecule has 0 saturated heterocycles. The van der Waals surface area contributed by atoms with Crippen LogP contribution in [0.4, 0.5) is 0 Å². The summed E-state index contributed by atoms with van der Waals surface area (Å²) in [7, 11) is 1.63. The van der Waals surface area contributed by atoms with Gasteiger partial charge in [0.1, 0.15) is 0 Å². The van der Waals surface area contributed by atoms with Gasteiger partial charge in [0.25, 0.3) is 0 Å². The fraction of sp³-hybridized carbons (Fsp3) is 0.533. The van der Waals surface area contributed by atoms with Gasteiger partial charge in [-0.25, -0.2) is 0 Å². The van der Waals surface area contributed by atoms with Gasteiger partial charge in [-0.05, 0) is 37.0 Å². The van der Waals surface area contributed by atoms with Crippen molar-refractivity contribution in [3.8, 4) is 0 Å². The fourth-order valence-corrected chi connectivity index (χ4v) is 2.38. The Kier molecular flexibility index (Phi) is 8.49. The molecule has 0 aliphatic rings. The first kappa shape index (κ1) is 17.1. The summed E-state index contributed by atoms with van der Waals surface area (Å²) in [6.07, 6.45) is 1.91. The zero-order valence-corrected chi connectivity index (χ0v) is 13.3. The van der Waals surface area contributed by atoms with E-state index in [9.17, 15) is 9.90 Å². The van der Waals surface area contributed by atoms with E-state index >= 15 is 0 Å². The Balaban J connectivity index is 2.35. The molecule has 0 aliphatic carbocycles. The van der Waals surface area contributed by atoms with Crippen LogP contribution in [0.15, 0.2) is 28.7 Å². The molecule has 0 aromatic heterocycles. The first-order valence-electron chi connectivity index (χ1n) is 6.67. The molecule has 1 aromatic rings. The first-order chi connectivity index (χ1) is 9.63. The lowest BCUT2D eigenvalue weighted by Crippen LogP contribution is -2.17. The molecular weight excluding hydrogens is 324 g/mol. The molecule has 0 aliphatic heterocycles. The Hall–Kier alpha value is -0.910. The minimum absolute atomic E-state index is 0.365. The molecule has 1 N–H and O–H groups in total. The summed E-state index contributed by atoms with van der Waals surface area (Å²) < 4.78 is 11.2. The number of carbonyl (C=O) groups is 1. The highest BCUT2D eigenvalue weighted by atomic mass is 79.9. The van der Waals surface area contributed by atoms with Crippen LogP contribution in [-0.4, -0.2) is 38.0 Å². The van der Waals surface area contributed by atoms with E-state index in [2.05, 4.69) is 15.9 Å². The van der Waals surface area contributed by atoms with Crippen LogP contribution in [0.25, 0.3) is 0 Å². The number of benzene rings is 1. The van der Waals surface area contributed by atoms with Crippen LogP contribution in [0.2, 0.25) is 0 Å². The number of carboxylic acids is 1. The number of rotatable bonds is 10. The number of aliphatic carboxylic acids is 1. The maximum absolute atomic E-state index is 11.3. The standard InChI is InChI=1S/C15H21BrO4/c1-19-8-9-20-7-3-5-13(15(17)18)10-12-4-2-6-14(16)11-12/h2,4,6,11,13H,3,5,7-10H2,1H3,(H,17,18). The molecule has 0 radical (unpaired) electrons. The molecule has 0 heterocycles. The molecule has 0 fully saturated rings. The summed E-state index contributed by atoms with van der Waals surface area (Å²) >= 11 is 3.40. The van der Waals surface area contributed by atoms with E-state index in [1.807, 2.05) is 24.3 Å². The van der Waals surface area contributed by atoms with Gasteiger partial charge >= 0.3 is 5.97 Å². The zero-order valence-electron chi connectivity index (χ0n) is 11.7. The third kappa shape index (κ3) is 7.03. The molecule has 0 spiro atoms. The van der Waals surface area contributed by atoms with E-state index in [-0.39, 0.29) is 5.92 Å². The Labute approximate surface area is 128 Å². The van der Waals surface area contributed by atoms with E-state index in [1.165, 1.54) is 0 Å². The zero-order chi connectivity index (χ0) is 14.8. The van der Waals surface area contributed by atoms with Crippen LogP contribution >= 0.6 is 15.9 Å². The summed E-state index contributed by atoms with van der Waals surface area (Å²) in [6, 6.07) is 7.77. The lowest BCUT2D eigenvalue weighted by atomic mass is 9.95. The molecule has 5 heteroatoms. The topological polar surface area (TPSA) is 55.8 Å². The maximum Gasteiger partial charge on any atom is 0.306 e. The molecule has 1 rings (SSSR count). The van der Waals surface area contributed by atoms with Gasteiger partial charge in [0, 0.05) is 18.2 Å². The third-order valence-corrected chi connectivity index (χ3v) is 3.49. The van der Waals surface area contributed by atoms with Gasteiger partial charge in [-0.1, -0.05) is 28.1 Å². The molecule has 20 heavy (non-hydrogen) atoms. The van der Waals surface area contributed by atoms with Crippen molar-refractivity contribution >= 4 is 21.9 Å². The van der Waals surface area contributed by atoms with Crippen molar-refractivity contribution in [2.75, 3.05) is 26.9 Å². The lowest BCUT2D eigenvalue weighted by molar-refractivity contribution is -0.142. The second-order valence-electron chi connectivity index (χ2n) is 4.62. The van der Waals surface area contributed by atoms with E-state index < -0.39 is 5.97 Å². The van der Waals surface area contributed by atoms with Gasteiger partial charge in [-0.2, -0.15) is 0 Å².